The maximum atomic E-state index is 15.0. The second-order valence-electron chi connectivity index (χ2n) is 22.9. The summed E-state index contributed by atoms with van der Waals surface area (Å²) in [5, 5.41) is 48.1. The number of carbonyl (C=O) groups is 12. The van der Waals surface area contributed by atoms with E-state index < -0.39 is 151 Å². The van der Waals surface area contributed by atoms with E-state index in [4.69, 9.17) is 22.0 Å². The number of nitrogens with one attached hydrogen (secondary N) is 13. The Balaban J connectivity index is 1.32. The molecule has 0 aliphatic carbocycles. The Morgan fingerprint density at radius 1 is 0.701 bits per heavy atom. The Morgan fingerprint density at radius 3 is 1.97 bits per heavy atom. The minimum Gasteiger partial charge on any atom is -0.394 e. The number of nitrogens with zero attached hydrogens (tertiary/aromatic N) is 3. The largest absolute Gasteiger partial charge is 0.394 e. The van der Waals surface area contributed by atoms with Crippen LogP contribution < -0.4 is 75.8 Å². The summed E-state index contributed by atoms with van der Waals surface area (Å²) in [5.41, 5.74) is 23.5. The summed E-state index contributed by atoms with van der Waals surface area (Å²) in [7, 11) is 0. The van der Waals surface area contributed by atoms with Crippen LogP contribution in [0.1, 0.15) is 94.1 Å². The number of imidazole rings is 1. The molecule has 97 heavy (non-hydrogen) atoms. The number of benzene rings is 2. The van der Waals surface area contributed by atoms with Crippen molar-refractivity contribution in [3.8, 4) is 0 Å². The lowest BCUT2D eigenvalue weighted by Gasteiger charge is -2.28. The Labute approximate surface area is 561 Å². The maximum Gasteiger partial charge on any atom is 0.327 e. The molecule has 5 aromatic rings. The molecule has 0 bridgehead atoms. The fraction of sp³-hybridized carbons (Fsp3) is 0.468. The average Bonchev–Trinajstić information content (AvgIpc) is 1.75. The summed E-state index contributed by atoms with van der Waals surface area (Å²) in [5.74, 6) is -11.8. The van der Waals surface area contributed by atoms with Gasteiger partial charge in [-0.1, -0.05) is 68.3 Å². The molecule has 0 unspecified atom stereocenters. The molecule has 34 nitrogen and oxygen atoms in total. The third kappa shape index (κ3) is 24.7. The van der Waals surface area contributed by atoms with E-state index in [1.165, 1.54) is 18.0 Å². The number of hydrogen-bond donors (Lipinski definition) is 18. The van der Waals surface area contributed by atoms with Crippen LogP contribution in [0.25, 0.3) is 10.9 Å². The third-order valence-corrected chi connectivity index (χ3v) is 16.0. The quantitative estimate of drug-likeness (QED) is 0.0135. The van der Waals surface area contributed by atoms with Crippen LogP contribution in [0.3, 0.4) is 0 Å². The number of thiazole rings is 1. The number of aliphatic hydroxyl groups is 2. The first-order valence-electron chi connectivity index (χ1n) is 31.5. The Morgan fingerprint density at radius 2 is 1.32 bits per heavy atom. The van der Waals surface area contributed by atoms with Gasteiger partial charge in [-0.2, -0.15) is 5.48 Å². The van der Waals surface area contributed by atoms with E-state index in [-0.39, 0.29) is 89.7 Å². The van der Waals surface area contributed by atoms with E-state index in [1.54, 1.807) is 54.9 Å². The molecule has 524 valence electrons. The van der Waals surface area contributed by atoms with Gasteiger partial charge in [-0.3, -0.25) is 62.5 Å². The number of guanidine groups is 1. The lowest BCUT2D eigenvalue weighted by molar-refractivity contribution is -0.153. The van der Waals surface area contributed by atoms with Crippen LogP contribution in [0.15, 0.2) is 89.2 Å². The van der Waals surface area contributed by atoms with E-state index in [9.17, 15) is 67.7 Å². The zero-order valence-electron chi connectivity index (χ0n) is 53.6. The molecular weight excluding hydrogens is 1280 g/mol. The van der Waals surface area contributed by atoms with Crippen molar-refractivity contribution in [1.82, 2.24) is 78.6 Å². The summed E-state index contributed by atoms with van der Waals surface area (Å²) >= 11 is 1.16. The highest BCUT2D eigenvalue weighted by atomic mass is 32.1. The van der Waals surface area contributed by atoms with Gasteiger partial charge in [0.1, 0.15) is 60.4 Å². The summed E-state index contributed by atoms with van der Waals surface area (Å²) in [6.45, 7) is 0.925. The average molecular weight is 1370 g/mol. The number of aliphatic hydroxyl groups excluding tert-OH is 2. The van der Waals surface area contributed by atoms with Gasteiger partial charge < -0.3 is 95.4 Å². The van der Waals surface area contributed by atoms with Gasteiger partial charge in [0.15, 0.2) is 5.96 Å². The number of unbranched alkanes of at least 4 members (excludes halogenated alkanes) is 1. The van der Waals surface area contributed by atoms with Crippen molar-refractivity contribution in [1.29, 1.82) is 0 Å². The molecule has 11 amide bonds. The number of aromatic nitrogens is 4. The second kappa shape index (κ2) is 38.8. The highest BCUT2D eigenvalue weighted by Crippen LogP contribution is 2.20. The van der Waals surface area contributed by atoms with Crippen molar-refractivity contribution in [2.45, 2.75) is 158 Å². The molecule has 2 aromatic carbocycles. The van der Waals surface area contributed by atoms with Gasteiger partial charge in [0, 0.05) is 80.1 Å². The number of amides is 11. The number of fused-ring (bicyclic) bond motifs is 1. The molecule has 0 radical (unpaired) electrons. The van der Waals surface area contributed by atoms with E-state index in [0.29, 0.717) is 28.9 Å². The van der Waals surface area contributed by atoms with Gasteiger partial charge in [0.05, 0.1) is 37.2 Å². The summed E-state index contributed by atoms with van der Waals surface area (Å²) in [6, 6.07) is 0.226. The van der Waals surface area contributed by atoms with Gasteiger partial charge in [-0.15, -0.1) is 11.3 Å². The summed E-state index contributed by atoms with van der Waals surface area (Å²) in [4.78, 5) is 192. The molecule has 1 aliphatic heterocycles. The number of primary amides is 1. The lowest BCUT2D eigenvalue weighted by atomic mass is 10.0. The number of rotatable bonds is 27. The number of para-hydroxylation sites is 1. The van der Waals surface area contributed by atoms with Crippen molar-refractivity contribution >= 4 is 99.1 Å². The minimum atomic E-state index is -1.90. The van der Waals surface area contributed by atoms with Crippen LogP contribution in [-0.2, 0) is 88.1 Å². The van der Waals surface area contributed by atoms with Crippen molar-refractivity contribution < 1.29 is 72.6 Å². The van der Waals surface area contributed by atoms with Crippen LogP contribution >= 0.6 is 11.3 Å². The Bertz CT molecular complexity index is 3500. The number of H-pyrrole nitrogens is 2. The molecule has 0 saturated carbocycles. The van der Waals surface area contributed by atoms with Gasteiger partial charge in [0.2, 0.25) is 65.0 Å². The highest BCUT2D eigenvalue weighted by Gasteiger charge is 2.37. The fourth-order valence-electron chi connectivity index (χ4n) is 10.3. The van der Waals surface area contributed by atoms with Crippen molar-refractivity contribution in [2.75, 3.05) is 26.3 Å². The van der Waals surface area contributed by atoms with Gasteiger partial charge >= 0.3 is 5.97 Å². The van der Waals surface area contributed by atoms with Crippen molar-refractivity contribution in [2.24, 2.45) is 22.2 Å². The summed E-state index contributed by atoms with van der Waals surface area (Å²) < 4.78 is 0. The predicted octanol–water partition coefficient (Wildman–Crippen LogP) is -4.18. The van der Waals surface area contributed by atoms with Crippen molar-refractivity contribution in [3.05, 3.63) is 107 Å². The topological polar surface area (TPSA) is 535 Å². The van der Waals surface area contributed by atoms with Crippen molar-refractivity contribution in [3.63, 3.8) is 0 Å². The third-order valence-electron chi connectivity index (χ3n) is 15.4. The minimum absolute atomic E-state index is 0.00640. The van der Waals surface area contributed by atoms with Crippen LogP contribution in [-0.4, -0.2) is 194 Å². The molecule has 3 aromatic heterocycles. The molecule has 1 aliphatic rings. The first-order valence-corrected chi connectivity index (χ1v) is 32.4. The lowest BCUT2D eigenvalue weighted by Crippen LogP contribution is -2.61. The molecule has 21 N–H and O–H groups in total. The van der Waals surface area contributed by atoms with Gasteiger partial charge in [-0.05, 0) is 55.7 Å². The second-order valence-corrected chi connectivity index (χ2v) is 23.7. The number of carbonyl (C=O) groups excluding carboxylic acids is 12. The van der Waals surface area contributed by atoms with Gasteiger partial charge in [0.25, 0.3) is 0 Å². The molecule has 35 heteroatoms. The monoisotopic (exact) mass is 1370 g/mol. The zero-order valence-corrected chi connectivity index (χ0v) is 54.4. The zero-order chi connectivity index (χ0) is 70.4. The molecule has 1 fully saturated rings. The number of hydroxylamine groups is 1. The molecule has 1 saturated heterocycles. The first kappa shape index (κ1) is 75.6. The van der Waals surface area contributed by atoms with Crippen LogP contribution in [0, 0.1) is 0 Å². The van der Waals surface area contributed by atoms with Crippen LogP contribution in [0.4, 0.5) is 0 Å². The van der Waals surface area contributed by atoms with Gasteiger partial charge in [-0.25, -0.2) is 9.97 Å². The maximum absolute atomic E-state index is 15.0. The first-order chi connectivity index (χ1) is 46.5. The van der Waals surface area contributed by atoms with Crippen LogP contribution in [0.5, 0.6) is 0 Å². The molecule has 6 rings (SSSR count). The SMILES string of the molecule is CCCC[C@H](NC(=O)[C@H](CO)NC(=O)[C@H](Cc1cnc[nH]1)NC(=O)[C@H](CO)NC(C)=O)C(=O)N[C@H]1CC(=O)ONCCCC[C@@H](C(N)=O)NC(=O)[C@H](Cc2c[nH]c3ccccc23)NC(=O)[C@H](CCCN=C(N)N)NC(=O)[C@@H](Cc2ccccc2)NC(=O)[C@H](Cc2cscn2)NC1=O. The molecule has 10 atom stereocenters. The number of aromatic amines is 2. The Hall–Kier alpha value is -10.4. The number of nitrogens with two attached hydrogens (primary N) is 3. The standard InChI is InChI=1S/C62H85N19O15S/c1-3-4-16-42(75-61(95)50(30-83)81-58(92)46(24-37-28-66-32-69-37)79-60(94)49(29-82)72-34(2)84)53(87)80-48-26-51(85)96-71-21-11-10-18-41(52(63)86)73-56(90)45(23-36-27-68-40-17-9-8-15-39(36)40)77-54(88)43(19-12-20-67-62(64)65)74-55(89)44(22-35-13-6-5-7-14-35)76-57(91)47(78-59(48)93)25-38-31-97-33-70-38/h5-9,13-15,17,27-28,31-33,41-50,68,71,82-83H,3-4,10-12,16,18-26,29-30H2,1-2H3,(H2,63,86)(H,66,69)(H,72,84)(H,73,90)(H,74,89)(H,75,95)(H,76,91)(H,77,88)(H,78,93)(H,79,94)(H,80,87)(H,81,92)(H4,64,65,67)/t41-,42-,43-,44+,45-,46-,47-,48-,49-,50-/m0/s1. The smallest absolute Gasteiger partial charge is 0.327 e. The normalized spacial score (nSPS) is 20.0. The number of hydrogen-bond acceptors (Lipinski definition) is 20. The van der Waals surface area contributed by atoms with E-state index in [1.807, 2.05) is 18.2 Å². The van der Waals surface area contributed by atoms with E-state index in [0.717, 1.165) is 29.2 Å². The highest BCUT2D eigenvalue weighted by molar-refractivity contribution is 7.07. The summed E-state index contributed by atoms with van der Waals surface area (Å²) in [6.07, 6.45) is 3.45. The Kier molecular flexibility index (Phi) is 30.3. The molecule has 0 spiro atoms. The molecular formula is C62H85N19O15S. The predicted molar refractivity (Wildman–Crippen MR) is 351 cm³/mol. The van der Waals surface area contributed by atoms with E-state index >= 15 is 0 Å². The number of aliphatic imine (C=N–C) groups is 1. The fourth-order valence-corrected chi connectivity index (χ4v) is 10.9. The van der Waals surface area contributed by atoms with Crippen LogP contribution in [0.2, 0.25) is 0 Å². The molecule has 4 heterocycles. The van der Waals surface area contributed by atoms with E-state index in [2.05, 4.69) is 83.6 Å².